The molecule has 0 fully saturated rings. The van der Waals surface area contributed by atoms with E-state index in [2.05, 4.69) is 6.58 Å². The van der Waals surface area contributed by atoms with E-state index in [1.807, 2.05) is 6.92 Å². The van der Waals surface area contributed by atoms with Gasteiger partial charge in [-0.2, -0.15) is 0 Å². The number of rotatable bonds is 3. The van der Waals surface area contributed by atoms with Crippen molar-refractivity contribution in [2.75, 3.05) is 5.73 Å². The average Bonchev–Trinajstić information content (AvgIpc) is 2.13. The van der Waals surface area contributed by atoms with E-state index in [0.717, 1.165) is 5.56 Å². The van der Waals surface area contributed by atoms with Crippen LogP contribution in [-0.4, -0.2) is 11.1 Å². The van der Waals surface area contributed by atoms with E-state index < -0.39 is 5.97 Å². The van der Waals surface area contributed by atoms with E-state index >= 15 is 0 Å². The molecule has 0 amide bonds. The highest BCUT2D eigenvalue weighted by molar-refractivity contribution is 5.91. The molecule has 0 bridgehead atoms. The maximum atomic E-state index is 10.9. The van der Waals surface area contributed by atoms with Gasteiger partial charge in [-0.15, -0.1) is 6.58 Å². The second-order valence-corrected chi connectivity index (χ2v) is 3.12. The molecule has 3 nitrogen and oxygen atoms in total. The van der Waals surface area contributed by atoms with Crippen LogP contribution in [0.15, 0.2) is 24.8 Å². The van der Waals surface area contributed by atoms with Gasteiger partial charge < -0.3 is 10.8 Å². The number of carbonyl (C=O) groups is 1. The van der Waals surface area contributed by atoms with Crippen molar-refractivity contribution >= 4 is 11.7 Å². The average molecular weight is 191 g/mol. The van der Waals surface area contributed by atoms with Gasteiger partial charge in [-0.25, -0.2) is 4.79 Å². The van der Waals surface area contributed by atoms with E-state index in [0.29, 0.717) is 17.7 Å². The van der Waals surface area contributed by atoms with Crippen molar-refractivity contribution in [3.63, 3.8) is 0 Å². The van der Waals surface area contributed by atoms with Crippen LogP contribution in [-0.2, 0) is 6.42 Å². The first-order chi connectivity index (χ1) is 6.57. The number of nitrogen functional groups attached to an aromatic ring is 1. The van der Waals surface area contributed by atoms with Crippen molar-refractivity contribution in [2.24, 2.45) is 0 Å². The molecule has 0 atom stereocenters. The van der Waals surface area contributed by atoms with Crippen molar-refractivity contribution < 1.29 is 9.90 Å². The molecule has 0 heterocycles. The van der Waals surface area contributed by atoms with Crippen molar-refractivity contribution in [2.45, 2.75) is 13.3 Å². The fourth-order valence-electron chi connectivity index (χ4n) is 1.35. The molecule has 0 saturated heterocycles. The van der Waals surface area contributed by atoms with Crippen LogP contribution in [0, 0.1) is 6.92 Å². The number of hydrogen-bond donors (Lipinski definition) is 2. The molecule has 3 N–H and O–H groups in total. The Balaban J connectivity index is 3.36. The predicted molar refractivity (Wildman–Crippen MR) is 56.5 cm³/mol. The zero-order valence-corrected chi connectivity index (χ0v) is 8.08. The van der Waals surface area contributed by atoms with Crippen LogP contribution in [0.1, 0.15) is 21.5 Å². The lowest BCUT2D eigenvalue weighted by Gasteiger charge is -2.09. The van der Waals surface area contributed by atoms with Gasteiger partial charge in [-0.3, -0.25) is 0 Å². The number of aryl methyl sites for hydroxylation is 1. The Hall–Kier alpha value is -1.77. The highest BCUT2D eigenvalue weighted by atomic mass is 16.4. The SMILES string of the molecule is C=CCc1c(C(=O)O)ccc(C)c1N. The van der Waals surface area contributed by atoms with Crippen LogP contribution >= 0.6 is 0 Å². The van der Waals surface area contributed by atoms with Crippen LogP contribution < -0.4 is 5.73 Å². The number of anilines is 1. The summed E-state index contributed by atoms with van der Waals surface area (Å²) < 4.78 is 0. The van der Waals surface area contributed by atoms with Gasteiger partial charge in [0, 0.05) is 5.69 Å². The Morgan fingerprint density at radius 2 is 2.29 bits per heavy atom. The third kappa shape index (κ3) is 1.76. The molecule has 1 aromatic rings. The summed E-state index contributed by atoms with van der Waals surface area (Å²) in [6.07, 6.45) is 2.13. The quantitative estimate of drug-likeness (QED) is 0.567. The van der Waals surface area contributed by atoms with Crippen molar-refractivity contribution in [3.05, 3.63) is 41.5 Å². The molecule has 1 aromatic carbocycles. The molecule has 0 aliphatic heterocycles. The zero-order chi connectivity index (χ0) is 10.7. The third-order valence-corrected chi connectivity index (χ3v) is 2.15. The fourth-order valence-corrected chi connectivity index (χ4v) is 1.35. The van der Waals surface area contributed by atoms with Crippen molar-refractivity contribution in [3.8, 4) is 0 Å². The molecule has 1 rings (SSSR count). The molecule has 0 unspecified atom stereocenters. The number of hydrogen-bond acceptors (Lipinski definition) is 2. The predicted octanol–water partition coefficient (Wildman–Crippen LogP) is 2.00. The highest BCUT2D eigenvalue weighted by Gasteiger charge is 2.12. The molecule has 0 saturated carbocycles. The van der Waals surface area contributed by atoms with Gasteiger partial charge in [0.25, 0.3) is 0 Å². The van der Waals surface area contributed by atoms with Gasteiger partial charge in [-0.05, 0) is 30.5 Å². The fraction of sp³-hybridized carbons (Fsp3) is 0.182. The topological polar surface area (TPSA) is 63.3 Å². The standard InChI is InChI=1S/C11H13NO2/c1-3-4-8-9(11(13)14)6-5-7(2)10(8)12/h3,5-6H,1,4,12H2,2H3,(H,13,14). The van der Waals surface area contributed by atoms with Gasteiger partial charge in [0.1, 0.15) is 0 Å². The summed E-state index contributed by atoms with van der Waals surface area (Å²) in [5.41, 5.74) is 8.14. The Labute approximate surface area is 82.9 Å². The number of benzene rings is 1. The van der Waals surface area contributed by atoms with Gasteiger partial charge in [0.2, 0.25) is 0 Å². The summed E-state index contributed by atoms with van der Waals surface area (Å²) in [4.78, 5) is 10.9. The van der Waals surface area contributed by atoms with Crippen LogP contribution in [0.5, 0.6) is 0 Å². The van der Waals surface area contributed by atoms with Gasteiger partial charge in [0.15, 0.2) is 0 Å². The Morgan fingerprint density at radius 1 is 1.64 bits per heavy atom. The van der Waals surface area contributed by atoms with E-state index in [1.54, 1.807) is 18.2 Å². The third-order valence-electron chi connectivity index (χ3n) is 2.15. The van der Waals surface area contributed by atoms with E-state index in [4.69, 9.17) is 10.8 Å². The number of aromatic carboxylic acids is 1. The minimum Gasteiger partial charge on any atom is -0.478 e. The molecule has 0 aromatic heterocycles. The van der Waals surface area contributed by atoms with E-state index in [1.165, 1.54) is 0 Å². The number of carboxylic acids is 1. The van der Waals surface area contributed by atoms with Gasteiger partial charge in [-0.1, -0.05) is 12.1 Å². The molecule has 0 aliphatic rings. The summed E-state index contributed by atoms with van der Waals surface area (Å²) in [6.45, 7) is 5.43. The molecule has 0 radical (unpaired) electrons. The molecule has 0 spiro atoms. The molecule has 14 heavy (non-hydrogen) atoms. The number of nitrogens with two attached hydrogens (primary N) is 1. The van der Waals surface area contributed by atoms with Crippen molar-refractivity contribution in [1.82, 2.24) is 0 Å². The highest BCUT2D eigenvalue weighted by Crippen LogP contribution is 2.22. The first-order valence-corrected chi connectivity index (χ1v) is 4.30. The summed E-state index contributed by atoms with van der Waals surface area (Å²) in [7, 11) is 0. The normalized spacial score (nSPS) is 9.79. The summed E-state index contributed by atoms with van der Waals surface area (Å²) in [5, 5.41) is 8.92. The van der Waals surface area contributed by atoms with Gasteiger partial charge >= 0.3 is 5.97 Å². The van der Waals surface area contributed by atoms with Gasteiger partial charge in [0.05, 0.1) is 5.56 Å². The minimum atomic E-state index is -0.950. The minimum absolute atomic E-state index is 0.257. The lowest BCUT2D eigenvalue weighted by atomic mass is 9.99. The van der Waals surface area contributed by atoms with E-state index in [-0.39, 0.29) is 5.56 Å². The van der Waals surface area contributed by atoms with E-state index in [9.17, 15) is 4.79 Å². The van der Waals surface area contributed by atoms with Crippen LogP contribution in [0.25, 0.3) is 0 Å². The smallest absolute Gasteiger partial charge is 0.336 e. The Bertz CT molecular complexity index is 383. The molecular formula is C11H13NO2. The lowest BCUT2D eigenvalue weighted by molar-refractivity contribution is 0.0696. The van der Waals surface area contributed by atoms with Crippen molar-refractivity contribution in [1.29, 1.82) is 0 Å². The Morgan fingerprint density at radius 3 is 2.79 bits per heavy atom. The van der Waals surface area contributed by atoms with Crippen LogP contribution in [0.3, 0.4) is 0 Å². The summed E-state index contributed by atoms with van der Waals surface area (Å²) >= 11 is 0. The zero-order valence-electron chi connectivity index (χ0n) is 8.08. The monoisotopic (exact) mass is 191 g/mol. The molecular weight excluding hydrogens is 178 g/mol. The molecule has 74 valence electrons. The Kier molecular flexibility index (Phi) is 2.92. The maximum Gasteiger partial charge on any atom is 0.336 e. The van der Waals surface area contributed by atoms with Crippen LogP contribution in [0.2, 0.25) is 0 Å². The van der Waals surface area contributed by atoms with Crippen LogP contribution in [0.4, 0.5) is 5.69 Å². The molecule has 3 heteroatoms. The number of carboxylic acid groups (broad SMARTS) is 1. The second kappa shape index (κ2) is 3.96. The first-order valence-electron chi connectivity index (χ1n) is 4.30. The second-order valence-electron chi connectivity index (χ2n) is 3.12. The number of allylic oxidation sites excluding steroid dienone is 1. The summed E-state index contributed by atoms with van der Waals surface area (Å²) in [6, 6.07) is 3.29. The largest absolute Gasteiger partial charge is 0.478 e. The lowest BCUT2D eigenvalue weighted by Crippen LogP contribution is -2.06. The summed E-state index contributed by atoms with van der Waals surface area (Å²) in [5.74, 6) is -0.950. The molecule has 0 aliphatic carbocycles. The maximum absolute atomic E-state index is 10.9. The first kappa shape index (κ1) is 10.3.